The third-order valence-corrected chi connectivity index (χ3v) is 5.86. The summed E-state index contributed by atoms with van der Waals surface area (Å²) in [6.07, 6.45) is 3.56. The molecule has 0 spiro atoms. The molecule has 1 aliphatic rings. The predicted molar refractivity (Wildman–Crippen MR) is 116 cm³/mol. The number of carbonyl (C=O) groups is 2. The summed E-state index contributed by atoms with van der Waals surface area (Å²) in [6.45, 7) is 1.55. The number of thiazole rings is 1. The Morgan fingerprint density at radius 2 is 2.10 bits per heavy atom. The number of aromatic nitrogens is 1. The molecule has 0 fully saturated rings. The Morgan fingerprint density at radius 1 is 1.23 bits per heavy atom. The number of fused-ring (bicyclic) bond motifs is 1. The first-order valence-corrected chi connectivity index (χ1v) is 10.4. The minimum absolute atomic E-state index is 0.134. The van der Waals surface area contributed by atoms with E-state index in [2.05, 4.69) is 15.6 Å². The molecule has 0 saturated heterocycles. The number of ether oxygens (including phenoxy) is 2. The molecule has 0 atom stereocenters. The maximum Gasteiger partial charge on any atom is 0.260 e. The molecule has 3 heterocycles. The number of furan rings is 1. The molecule has 0 aliphatic carbocycles. The van der Waals surface area contributed by atoms with E-state index in [1.807, 2.05) is 4.90 Å². The molecule has 1 aliphatic heterocycles. The molecule has 2 N–H and O–H groups in total. The van der Waals surface area contributed by atoms with Gasteiger partial charge in [-0.05, 0) is 18.2 Å². The standard InChI is InChI=1S/C21H22N4O5S/c1-28-14-3-4-15(17(9-14)29-2)22-19(26)11-25-7-5-16-18(10-25)31-21(23-16)24-20(27)13-6-8-30-12-13/h3-4,6,8-9,12H,5,7,10-11H2,1-2H3,(H,22,26)(H,23,24,27). The van der Waals surface area contributed by atoms with Crippen molar-refractivity contribution in [3.05, 3.63) is 52.9 Å². The van der Waals surface area contributed by atoms with Gasteiger partial charge in [-0.2, -0.15) is 0 Å². The van der Waals surface area contributed by atoms with Crippen LogP contribution in [0.4, 0.5) is 10.8 Å². The van der Waals surface area contributed by atoms with Crippen molar-refractivity contribution in [3.63, 3.8) is 0 Å². The predicted octanol–water partition coefficient (Wildman–Crippen LogP) is 3.00. The van der Waals surface area contributed by atoms with Gasteiger partial charge in [0.05, 0.1) is 44.0 Å². The van der Waals surface area contributed by atoms with E-state index in [0.29, 0.717) is 47.4 Å². The zero-order valence-corrected chi connectivity index (χ0v) is 18.0. The monoisotopic (exact) mass is 442 g/mol. The number of benzene rings is 1. The molecule has 31 heavy (non-hydrogen) atoms. The van der Waals surface area contributed by atoms with Crippen LogP contribution in [-0.4, -0.2) is 49.0 Å². The second-order valence-corrected chi connectivity index (χ2v) is 8.01. The van der Waals surface area contributed by atoms with E-state index in [1.54, 1.807) is 38.5 Å². The summed E-state index contributed by atoms with van der Waals surface area (Å²) in [5.74, 6) is 0.794. The van der Waals surface area contributed by atoms with E-state index in [9.17, 15) is 9.59 Å². The number of hydrogen-bond donors (Lipinski definition) is 2. The van der Waals surface area contributed by atoms with Gasteiger partial charge in [-0.15, -0.1) is 11.3 Å². The highest BCUT2D eigenvalue weighted by Crippen LogP contribution is 2.30. The van der Waals surface area contributed by atoms with Crippen LogP contribution in [0, 0.1) is 0 Å². The van der Waals surface area contributed by atoms with Crippen LogP contribution < -0.4 is 20.1 Å². The van der Waals surface area contributed by atoms with Crippen LogP contribution in [0.25, 0.3) is 0 Å². The maximum atomic E-state index is 12.6. The zero-order valence-electron chi connectivity index (χ0n) is 17.1. The van der Waals surface area contributed by atoms with Crippen molar-refractivity contribution < 1.29 is 23.5 Å². The number of rotatable bonds is 7. The summed E-state index contributed by atoms with van der Waals surface area (Å²) >= 11 is 1.42. The summed E-state index contributed by atoms with van der Waals surface area (Å²) in [7, 11) is 3.12. The lowest BCUT2D eigenvalue weighted by atomic mass is 10.2. The molecule has 2 amide bonds. The molecule has 9 nitrogen and oxygen atoms in total. The zero-order chi connectivity index (χ0) is 21.8. The van der Waals surface area contributed by atoms with Gasteiger partial charge < -0.3 is 19.2 Å². The van der Waals surface area contributed by atoms with E-state index in [4.69, 9.17) is 13.9 Å². The van der Waals surface area contributed by atoms with E-state index in [1.165, 1.54) is 23.9 Å². The van der Waals surface area contributed by atoms with Crippen molar-refractivity contribution in [2.75, 3.05) is 37.9 Å². The lowest BCUT2D eigenvalue weighted by Crippen LogP contribution is -2.36. The Hall–Kier alpha value is -3.37. The van der Waals surface area contributed by atoms with Crippen LogP contribution in [0.3, 0.4) is 0 Å². The molecule has 3 aromatic rings. The maximum absolute atomic E-state index is 12.6. The Balaban J connectivity index is 1.35. The highest BCUT2D eigenvalue weighted by atomic mass is 32.1. The third-order valence-electron chi connectivity index (χ3n) is 4.86. The van der Waals surface area contributed by atoms with Crippen LogP contribution in [-0.2, 0) is 17.8 Å². The average Bonchev–Trinajstić information content (AvgIpc) is 3.43. The SMILES string of the molecule is COc1ccc(NC(=O)CN2CCc3nc(NC(=O)c4ccoc4)sc3C2)c(OC)c1. The van der Waals surface area contributed by atoms with Crippen molar-refractivity contribution >= 4 is 34.0 Å². The average molecular weight is 442 g/mol. The first-order valence-electron chi connectivity index (χ1n) is 9.62. The van der Waals surface area contributed by atoms with Gasteiger partial charge in [0.25, 0.3) is 5.91 Å². The number of nitrogens with zero attached hydrogens (tertiary/aromatic N) is 2. The second kappa shape index (κ2) is 9.19. The van der Waals surface area contributed by atoms with Gasteiger partial charge in [0, 0.05) is 30.5 Å². The molecule has 1 aromatic carbocycles. The lowest BCUT2D eigenvalue weighted by Gasteiger charge is -2.25. The van der Waals surface area contributed by atoms with Crippen LogP contribution in [0.1, 0.15) is 20.9 Å². The van der Waals surface area contributed by atoms with Crippen molar-refractivity contribution in [2.24, 2.45) is 0 Å². The molecule has 10 heteroatoms. The summed E-state index contributed by atoms with van der Waals surface area (Å²) in [6, 6.07) is 6.84. The Morgan fingerprint density at radius 3 is 2.84 bits per heavy atom. The van der Waals surface area contributed by atoms with Crippen LogP contribution in [0.15, 0.2) is 41.2 Å². The first kappa shape index (κ1) is 20.9. The number of methoxy groups -OCH3 is 2. The van der Waals surface area contributed by atoms with E-state index >= 15 is 0 Å². The van der Waals surface area contributed by atoms with Crippen molar-refractivity contribution in [1.29, 1.82) is 0 Å². The van der Waals surface area contributed by atoms with Crippen LogP contribution >= 0.6 is 11.3 Å². The molecule has 4 rings (SSSR count). The van der Waals surface area contributed by atoms with Crippen molar-refractivity contribution in [1.82, 2.24) is 9.88 Å². The molecule has 0 unspecified atom stereocenters. The summed E-state index contributed by atoms with van der Waals surface area (Å²) in [5.41, 5.74) is 1.99. The largest absolute Gasteiger partial charge is 0.497 e. The lowest BCUT2D eigenvalue weighted by molar-refractivity contribution is -0.117. The smallest absolute Gasteiger partial charge is 0.260 e. The number of amides is 2. The van der Waals surface area contributed by atoms with Gasteiger partial charge in [-0.3, -0.25) is 19.8 Å². The fourth-order valence-electron chi connectivity index (χ4n) is 3.29. The number of nitrogens with one attached hydrogen (secondary N) is 2. The van der Waals surface area contributed by atoms with Crippen LogP contribution in [0.5, 0.6) is 11.5 Å². The Kier molecular flexibility index (Phi) is 6.19. The molecule has 0 bridgehead atoms. The third kappa shape index (κ3) is 4.86. The summed E-state index contributed by atoms with van der Waals surface area (Å²) in [5, 5.41) is 6.24. The van der Waals surface area contributed by atoms with Crippen molar-refractivity contribution in [3.8, 4) is 11.5 Å². The Labute approximate surface area is 183 Å². The quantitative estimate of drug-likeness (QED) is 0.579. The summed E-state index contributed by atoms with van der Waals surface area (Å²) < 4.78 is 15.5. The van der Waals surface area contributed by atoms with E-state index in [-0.39, 0.29) is 18.4 Å². The number of anilines is 2. The highest BCUT2D eigenvalue weighted by molar-refractivity contribution is 7.15. The topological polar surface area (TPSA) is 106 Å². The van der Waals surface area contributed by atoms with Gasteiger partial charge in [0.1, 0.15) is 17.8 Å². The molecule has 0 saturated carbocycles. The van der Waals surface area contributed by atoms with E-state index < -0.39 is 0 Å². The van der Waals surface area contributed by atoms with Gasteiger partial charge in [0.15, 0.2) is 5.13 Å². The molecule has 162 valence electrons. The van der Waals surface area contributed by atoms with Crippen LogP contribution in [0.2, 0.25) is 0 Å². The number of carbonyl (C=O) groups excluding carboxylic acids is 2. The normalized spacial score (nSPS) is 13.4. The molecular weight excluding hydrogens is 420 g/mol. The van der Waals surface area contributed by atoms with Gasteiger partial charge >= 0.3 is 0 Å². The second-order valence-electron chi connectivity index (χ2n) is 6.93. The van der Waals surface area contributed by atoms with Gasteiger partial charge in [-0.25, -0.2) is 4.98 Å². The van der Waals surface area contributed by atoms with Gasteiger partial charge in [-0.1, -0.05) is 0 Å². The number of hydrogen-bond acceptors (Lipinski definition) is 8. The molecular formula is C21H22N4O5S. The minimum atomic E-state index is -0.260. The van der Waals surface area contributed by atoms with Crippen molar-refractivity contribution in [2.45, 2.75) is 13.0 Å². The minimum Gasteiger partial charge on any atom is -0.497 e. The fourth-order valence-corrected chi connectivity index (χ4v) is 4.34. The molecule has 0 radical (unpaired) electrons. The fraction of sp³-hybridized carbons (Fsp3) is 0.286. The Bertz CT molecular complexity index is 1080. The van der Waals surface area contributed by atoms with Gasteiger partial charge in [0.2, 0.25) is 5.91 Å². The first-order chi connectivity index (χ1) is 15.1. The van der Waals surface area contributed by atoms with E-state index in [0.717, 1.165) is 10.6 Å². The molecule has 2 aromatic heterocycles. The summed E-state index contributed by atoms with van der Waals surface area (Å²) in [4.78, 5) is 32.4. The highest BCUT2D eigenvalue weighted by Gasteiger charge is 2.23.